The van der Waals surface area contributed by atoms with Crippen LogP contribution in [0.25, 0.3) is 0 Å². The number of nitrogens with zero attached hydrogens (tertiary/aromatic N) is 4. The SMILES string of the molecule is Cn1cc(S(=O)(=O)N2CCc3ccc(C(Cc4ccccc4)C[N+](C)(C)C)cc3C2)cn1.[I-]. The van der Waals surface area contributed by atoms with Crippen molar-refractivity contribution in [3.8, 4) is 0 Å². The monoisotopic (exact) mass is 580 g/mol. The Morgan fingerprint density at radius 1 is 1.06 bits per heavy atom. The fourth-order valence-electron chi connectivity index (χ4n) is 4.54. The van der Waals surface area contributed by atoms with E-state index >= 15 is 0 Å². The van der Waals surface area contributed by atoms with E-state index in [2.05, 4.69) is 74.8 Å². The number of aromatic nitrogens is 2. The number of hydrogen-bond acceptors (Lipinski definition) is 3. The van der Waals surface area contributed by atoms with Gasteiger partial charge in [-0.3, -0.25) is 4.68 Å². The molecule has 8 heteroatoms. The van der Waals surface area contributed by atoms with Crippen LogP contribution in [0.15, 0.2) is 65.8 Å². The van der Waals surface area contributed by atoms with Gasteiger partial charge in [0.25, 0.3) is 0 Å². The minimum atomic E-state index is -3.55. The second kappa shape index (κ2) is 10.2. The van der Waals surface area contributed by atoms with Gasteiger partial charge in [0.1, 0.15) is 4.90 Å². The average Bonchev–Trinajstić information content (AvgIpc) is 3.19. The van der Waals surface area contributed by atoms with Crippen LogP contribution in [0.5, 0.6) is 0 Å². The van der Waals surface area contributed by atoms with Gasteiger partial charge in [-0.05, 0) is 35.1 Å². The molecule has 1 aliphatic heterocycles. The van der Waals surface area contributed by atoms with E-state index in [0.29, 0.717) is 19.0 Å². The molecule has 2 aromatic carbocycles. The fraction of sp³-hybridized carbons (Fsp3) is 0.400. The van der Waals surface area contributed by atoms with Gasteiger partial charge in [0.2, 0.25) is 10.0 Å². The molecule has 0 aliphatic carbocycles. The summed E-state index contributed by atoms with van der Waals surface area (Å²) >= 11 is 0. The highest BCUT2D eigenvalue weighted by molar-refractivity contribution is 7.89. The first-order chi connectivity index (χ1) is 15.1. The third-order valence-corrected chi connectivity index (χ3v) is 7.89. The highest BCUT2D eigenvalue weighted by atomic mass is 127. The maximum Gasteiger partial charge on any atom is 0.246 e. The summed E-state index contributed by atoms with van der Waals surface area (Å²) in [4.78, 5) is 0.256. The molecular weight excluding hydrogens is 547 g/mol. The lowest BCUT2D eigenvalue weighted by molar-refractivity contribution is -0.871. The van der Waals surface area contributed by atoms with Crippen molar-refractivity contribution >= 4 is 10.0 Å². The summed E-state index contributed by atoms with van der Waals surface area (Å²) in [5.41, 5.74) is 4.96. The molecule has 0 bridgehead atoms. The molecule has 1 aromatic heterocycles. The normalized spacial score (nSPS) is 15.5. The van der Waals surface area contributed by atoms with Crippen molar-refractivity contribution in [3.63, 3.8) is 0 Å². The maximum absolute atomic E-state index is 13.1. The van der Waals surface area contributed by atoms with Gasteiger partial charge in [0, 0.05) is 32.3 Å². The van der Waals surface area contributed by atoms with Gasteiger partial charge < -0.3 is 28.5 Å². The summed E-state index contributed by atoms with van der Waals surface area (Å²) in [5, 5.41) is 4.04. The van der Waals surface area contributed by atoms with Gasteiger partial charge in [0.15, 0.2) is 0 Å². The van der Waals surface area contributed by atoms with E-state index in [1.165, 1.54) is 27.6 Å². The Kier molecular flexibility index (Phi) is 8.03. The molecule has 0 fully saturated rings. The molecule has 0 N–H and O–H groups in total. The summed E-state index contributed by atoms with van der Waals surface area (Å²) in [6, 6.07) is 17.3. The average molecular weight is 581 g/mol. The van der Waals surface area contributed by atoms with Crippen molar-refractivity contribution in [2.24, 2.45) is 7.05 Å². The van der Waals surface area contributed by atoms with Crippen LogP contribution in [0.1, 0.15) is 28.2 Å². The molecule has 178 valence electrons. The number of quaternary nitrogens is 1. The van der Waals surface area contributed by atoms with E-state index < -0.39 is 10.0 Å². The highest BCUT2D eigenvalue weighted by Crippen LogP contribution is 2.30. The lowest BCUT2D eigenvalue weighted by Gasteiger charge is -2.31. The fourth-order valence-corrected chi connectivity index (χ4v) is 5.94. The molecular formula is C25H33IN4O2S. The van der Waals surface area contributed by atoms with Crippen molar-refractivity contribution in [3.05, 3.63) is 83.2 Å². The topological polar surface area (TPSA) is 55.2 Å². The van der Waals surface area contributed by atoms with Crippen LogP contribution in [0.2, 0.25) is 0 Å². The summed E-state index contributed by atoms with van der Waals surface area (Å²) in [5.74, 6) is 0.355. The zero-order chi connectivity index (χ0) is 22.9. The summed E-state index contributed by atoms with van der Waals surface area (Å²) in [6.45, 7) is 1.91. The minimum Gasteiger partial charge on any atom is -1.00 e. The Hall–Kier alpha value is -1.75. The van der Waals surface area contributed by atoms with Crippen LogP contribution in [-0.2, 0) is 36.5 Å². The van der Waals surface area contributed by atoms with Gasteiger partial charge in [-0.2, -0.15) is 9.40 Å². The first-order valence-electron chi connectivity index (χ1n) is 11.1. The smallest absolute Gasteiger partial charge is 0.246 e. The number of likely N-dealkylation sites (N-methyl/N-ethyl adjacent to an activating group) is 1. The van der Waals surface area contributed by atoms with Crippen molar-refractivity contribution in [1.82, 2.24) is 14.1 Å². The Morgan fingerprint density at radius 3 is 2.42 bits per heavy atom. The zero-order valence-electron chi connectivity index (χ0n) is 19.8. The molecule has 1 atom stereocenters. The number of hydrogen-bond donors (Lipinski definition) is 0. The molecule has 33 heavy (non-hydrogen) atoms. The van der Waals surface area contributed by atoms with E-state index in [9.17, 15) is 8.42 Å². The van der Waals surface area contributed by atoms with E-state index in [1.807, 2.05) is 0 Å². The zero-order valence-corrected chi connectivity index (χ0v) is 22.8. The predicted octanol–water partition coefficient (Wildman–Crippen LogP) is 0.204. The number of benzene rings is 2. The van der Waals surface area contributed by atoms with Crippen LogP contribution in [0.3, 0.4) is 0 Å². The highest BCUT2D eigenvalue weighted by Gasteiger charge is 2.30. The second-order valence-corrected chi connectivity index (χ2v) is 11.8. The third-order valence-electron chi connectivity index (χ3n) is 6.09. The Morgan fingerprint density at radius 2 is 1.79 bits per heavy atom. The van der Waals surface area contributed by atoms with Crippen LogP contribution >= 0.6 is 0 Å². The predicted molar refractivity (Wildman–Crippen MR) is 127 cm³/mol. The summed E-state index contributed by atoms with van der Waals surface area (Å²) in [6.07, 6.45) is 4.69. The minimum absolute atomic E-state index is 0. The van der Waals surface area contributed by atoms with Gasteiger partial charge in [0.05, 0.1) is 33.9 Å². The van der Waals surface area contributed by atoms with Crippen LogP contribution in [0.4, 0.5) is 0 Å². The van der Waals surface area contributed by atoms with E-state index in [0.717, 1.165) is 29.4 Å². The number of fused-ring (bicyclic) bond motifs is 1. The quantitative estimate of drug-likeness (QED) is 0.297. The molecule has 6 nitrogen and oxygen atoms in total. The van der Waals surface area contributed by atoms with Crippen LogP contribution in [0, 0.1) is 0 Å². The molecule has 0 saturated carbocycles. The Labute approximate surface area is 214 Å². The van der Waals surface area contributed by atoms with E-state index in [1.54, 1.807) is 17.5 Å². The largest absolute Gasteiger partial charge is 1.00 e. The number of halogens is 1. The van der Waals surface area contributed by atoms with Gasteiger partial charge in [-0.15, -0.1) is 0 Å². The van der Waals surface area contributed by atoms with Gasteiger partial charge in [-0.25, -0.2) is 8.42 Å². The summed E-state index contributed by atoms with van der Waals surface area (Å²) in [7, 11) is 4.85. The Bertz CT molecular complexity index is 1190. The lowest BCUT2D eigenvalue weighted by atomic mass is 9.88. The van der Waals surface area contributed by atoms with E-state index in [-0.39, 0.29) is 28.9 Å². The van der Waals surface area contributed by atoms with Crippen molar-refractivity contribution in [2.45, 2.75) is 30.2 Å². The molecule has 0 spiro atoms. The summed E-state index contributed by atoms with van der Waals surface area (Å²) < 4.78 is 30.2. The first-order valence-corrected chi connectivity index (χ1v) is 12.5. The molecule has 1 unspecified atom stereocenters. The molecule has 0 radical (unpaired) electrons. The van der Waals surface area contributed by atoms with Crippen molar-refractivity contribution < 1.29 is 36.9 Å². The van der Waals surface area contributed by atoms with E-state index in [4.69, 9.17) is 0 Å². The second-order valence-electron chi connectivity index (χ2n) is 9.83. The van der Waals surface area contributed by atoms with Gasteiger partial charge in [-0.1, -0.05) is 48.5 Å². The Balaban J connectivity index is 0.00000306. The lowest BCUT2D eigenvalue weighted by Crippen LogP contribution is -3.00. The van der Waals surface area contributed by atoms with Crippen LogP contribution in [-0.4, -0.2) is 61.2 Å². The van der Waals surface area contributed by atoms with Crippen molar-refractivity contribution in [1.29, 1.82) is 0 Å². The number of sulfonamides is 1. The molecule has 1 aliphatic rings. The first kappa shape index (κ1) is 25.9. The molecule has 3 aromatic rings. The molecule has 0 amide bonds. The third kappa shape index (κ3) is 6.23. The van der Waals surface area contributed by atoms with Crippen molar-refractivity contribution in [2.75, 3.05) is 34.2 Å². The molecule has 4 rings (SSSR count). The maximum atomic E-state index is 13.1. The van der Waals surface area contributed by atoms with Gasteiger partial charge >= 0.3 is 0 Å². The van der Waals surface area contributed by atoms with Crippen LogP contribution < -0.4 is 24.0 Å². The standard InChI is InChI=1S/C25H33N4O2S.HI/c1-27-18-25(16-26-27)32(30,31)28-13-12-21-10-11-22(15-23(21)17-28)24(19-29(2,3)4)14-20-8-6-5-7-9-20;/h5-11,15-16,18,24H,12-14,17,19H2,1-4H3;1H/q+1;/p-1. The number of aryl methyl sites for hydroxylation is 1. The molecule has 0 saturated heterocycles. The molecule has 2 heterocycles. The number of rotatable bonds is 7.